The monoisotopic (exact) mass is 360 g/mol. The van der Waals surface area contributed by atoms with Gasteiger partial charge in [-0.25, -0.2) is 0 Å². The topological polar surface area (TPSA) is 65.2 Å². The molecule has 0 radical (unpaired) electrons. The van der Waals surface area contributed by atoms with Crippen LogP contribution in [-0.4, -0.2) is 29.5 Å². The second-order valence-electron chi connectivity index (χ2n) is 7.14. The molecule has 0 aliphatic heterocycles. The highest BCUT2D eigenvalue weighted by Crippen LogP contribution is 2.43. The minimum Gasteiger partial charge on any atom is -0.469 e. The van der Waals surface area contributed by atoms with Gasteiger partial charge in [0.2, 0.25) is 11.8 Å². The van der Waals surface area contributed by atoms with Gasteiger partial charge in [-0.15, -0.1) is 10.2 Å². The van der Waals surface area contributed by atoms with E-state index in [1.54, 1.807) is 0 Å². The summed E-state index contributed by atoms with van der Waals surface area (Å²) in [5.41, 5.74) is 0. The summed E-state index contributed by atoms with van der Waals surface area (Å²) < 4.78 is 48.8. The fourth-order valence-electron chi connectivity index (χ4n) is 3.99. The van der Waals surface area contributed by atoms with Crippen molar-refractivity contribution in [2.75, 3.05) is 7.11 Å². The molecule has 0 unspecified atom stereocenters. The quantitative estimate of drug-likeness (QED) is 0.750. The molecule has 1 aromatic heterocycles. The number of ether oxygens (including phenoxy) is 1. The molecule has 140 valence electrons. The van der Waals surface area contributed by atoms with Gasteiger partial charge in [0.15, 0.2) is 0 Å². The van der Waals surface area contributed by atoms with E-state index in [2.05, 4.69) is 10.2 Å². The molecule has 0 spiro atoms. The van der Waals surface area contributed by atoms with Crippen molar-refractivity contribution in [1.29, 1.82) is 0 Å². The summed E-state index contributed by atoms with van der Waals surface area (Å²) >= 11 is 0. The Hall–Kier alpha value is -1.60. The minimum absolute atomic E-state index is 0.0683. The number of hydrogen-bond acceptors (Lipinski definition) is 5. The lowest BCUT2D eigenvalue weighted by Crippen LogP contribution is -2.27. The number of carbonyl (C=O) groups is 1. The van der Waals surface area contributed by atoms with Gasteiger partial charge in [-0.05, 0) is 51.4 Å². The van der Waals surface area contributed by atoms with E-state index in [-0.39, 0.29) is 36.6 Å². The summed E-state index contributed by atoms with van der Waals surface area (Å²) in [7, 11) is 1.40. The van der Waals surface area contributed by atoms with Crippen LogP contribution < -0.4 is 0 Å². The highest BCUT2D eigenvalue weighted by Gasteiger charge is 2.42. The van der Waals surface area contributed by atoms with Crippen LogP contribution >= 0.6 is 0 Å². The van der Waals surface area contributed by atoms with Crippen molar-refractivity contribution in [2.24, 2.45) is 11.8 Å². The van der Waals surface area contributed by atoms with Crippen LogP contribution in [0.4, 0.5) is 13.2 Å². The van der Waals surface area contributed by atoms with Gasteiger partial charge in [0.1, 0.15) is 0 Å². The Morgan fingerprint density at radius 2 is 1.44 bits per heavy atom. The van der Waals surface area contributed by atoms with Gasteiger partial charge in [-0.1, -0.05) is 0 Å². The normalized spacial score (nSPS) is 30.9. The molecule has 5 nitrogen and oxygen atoms in total. The molecule has 0 amide bonds. The van der Waals surface area contributed by atoms with Gasteiger partial charge in [-0.3, -0.25) is 4.79 Å². The molecule has 0 bridgehead atoms. The Balaban J connectivity index is 1.54. The van der Waals surface area contributed by atoms with Gasteiger partial charge >= 0.3 is 12.1 Å². The van der Waals surface area contributed by atoms with Crippen molar-refractivity contribution < 1.29 is 27.1 Å². The van der Waals surface area contributed by atoms with Crippen LogP contribution in [0.1, 0.15) is 75.0 Å². The summed E-state index contributed by atoms with van der Waals surface area (Å²) in [6.07, 6.45) is 0.0131. The fraction of sp³-hybridized carbons (Fsp3) is 0.824. The zero-order valence-electron chi connectivity index (χ0n) is 14.2. The fourth-order valence-corrected chi connectivity index (χ4v) is 3.99. The summed E-state index contributed by atoms with van der Waals surface area (Å²) in [5, 5.41) is 8.20. The maximum atomic E-state index is 12.7. The molecule has 0 aromatic carbocycles. The van der Waals surface area contributed by atoms with Crippen LogP contribution in [0.25, 0.3) is 0 Å². The average Bonchev–Trinajstić information content (AvgIpc) is 3.10. The lowest BCUT2D eigenvalue weighted by Gasteiger charge is -2.28. The Morgan fingerprint density at radius 1 is 0.960 bits per heavy atom. The highest BCUT2D eigenvalue weighted by atomic mass is 19.4. The summed E-state index contributed by atoms with van der Waals surface area (Å²) in [5.74, 6) is -0.394. The van der Waals surface area contributed by atoms with Crippen molar-refractivity contribution in [3.05, 3.63) is 11.8 Å². The second-order valence-corrected chi connectivity index (χ2v) is 7.14. The van der Waals surface area contributed by atoms with Gasteiger partial charge in [0.05, 0.1) is 18.9 Å². The number of aromatic nitrogens is 2. The zero-order chi connectivity index (χ0) is 18.0. The molecule has 3 rings (SSSR count). The zero-order valence-corrected chi connectivity index (χ0v) is 14.2. The molecule has 25 heavy (non-hydrogen) atoms. The number of carbonyl (C=O) groups excluding carboxylic acids is 1. The van der Waals surface area contributed by atoms with Crippen molar-refractivity contribution in [2.45, 2.75) is 69.4 Å². The SMILES string of the molecule is COC(=O)C1CCC(c2nnc(C3CCC(C(F)(F)F)CC3)o2)CC1. The molecule has 1 heterocycles. The standard InChI is InChI=1S/C17H23F3N2O3/c1-24-16(23)12-4-2-10(3-5-12)14-21-22-15(25-14)11-6-8-13(9-7-11)17(18,19)20/h10-13H,2-9H2,1H3. The molecule has 2 fully saturated rings. The lowest BCUT2D eigenvalue weighted by atomic mass is 9.81. The number of methoxy groups -OCH3 is 1. The Kier molecular flexibility index (Phi) is 5.34. The third-order valence-electron chi connectivity index (χ3n) is 5.61. The van der Waals surface area contributed by atoms with Gasteiger partial charge < -0.3 is 9.15 Å². The lowest BCUT2D eigenvalue weighted by molar-refractivity contribution is -0.182. The third kappa shape index (κ3) is 4.15. The van der Waals surface area contributed by atoms with E-state index < -0.39 is 12.1 Å². The molecule has 0 saturated heterocycles. The van der Waals surface area contributed by atoms with E-state index in [0.29, 0.717) is 24.6 Å². The Morgan fingerprint density at radius 3 is 1.88 bits per heavy atom. The van der Waals surface area contributed by atoms with Crippen LogP contribution in [0.3, 0.4) is 0 Å². The molecule has 1 aromatic rings. The van der Waals surface area contributed by atoms with E-state index in [0.717, 1.165) is 25.7 Å². The van der Waals surface area contributed by atoms with Crippen molar-refractivity contribution >= 4 is 5.97 Å². The van der Waals surface area contributed by atoms with Crippen LogP contribution in [0.2, 0.25) is 0 Å². The summed E-state index contributed by atoms with van der Waals surface area (Å²) in [6.45, 7) is 0. The van der Waals surface area contributed by atoms with E-state index in [1.807, 2.05) is 0 Å². The van der Waals surface area contributed by atoms with Gasteiger partial charge in [0.25, 0.3) is 0 Å². The molecular weight excluding hydrogens is 337 g/mol. The molecule has 2 aliphatic carbocycles. The van der Waals surface area contributed by atoms with E-state index in [4.69, 9.17) is 9.15 Å². The number of nitrogens with zero attached hydrogens (tertiary/aromatic N) is 2. The molecule has 2 saturated carbocycles. The molecule has 8 heteroatoms. The van der Waals surface area contributed by atoms with E-state index in [1.165, 1.54) is 7.11 Å². The van der Waals surface area contributed by atoms with Gasteiger partial charge in [0, 0.05) is 11.8 Å². The highest BCUT2D eigenvalue weighted by molar-refractivity contribution is 5.72. The molecular formula is C17H23F3N2O3. The number of halogens is 3. The Labute approximate surface area is 144 Å². The third-order valence-corrected chi connectivity index (χ3v) is 5.61. The predicted octanol–water partition coefficient (Wildman–Crippen LogP) is 4.35. The van der Waals surface area contributed by atoms with Crippen molar-refractivity contribution in [3.63, 3.8) is 0 Å². The van der Waals surface area contributed by atoms with Crippen LogP contribution in [-0.2, 0) is 9.53 Å². The predicted molar refractivity (Wildman–Crippen MR) is 81.8 cm³/mol. The number of alkyl halides is 3. The first-order valence-corrected chi connectivity index (χ1v) is 8.86. The molecule has 0 N–H and O–H groups in total. The maximum Gasteiger partial charge on any atom is 0.391 e. The largest absolute Gasteiger partial charge is 0.469 e. The van der Waals surface area contributed by atoms with Crippen molar-refractivity contribution in [1.82, 2.24) is 10.2 Å². The first kappa shape index (κ1) is 18.2. The minimum atomic E-state index is -4.11. The van der Waals surface area contributed by atoms with E-state index in [9.17, 15) is 18.0 Å². The number of rotatable bonds is 3. The first-order chi connectivity index (χ1) is 11.9. The van der Waals surface area contributed by atoms with Gasteiger partial charge in [-0.2, -0.15) is 13.2 Å². The summed E-state index contributed by atoms with van der Waals surface area (Å²) in [6, 6.07) is 0. The van der Waals surface area contributed by atoms with E-state index >= 15 is 0 Å². The smallest absolute Gasteiger partial charge is 0.391 e. The average molecular weight is 360 g/mol. The number of esters is 1. The van der Waals surface area contributed by atoms with Crippen LogP contribution in [0.5, 0.6) is 0 Å². The van der Waals surface area contributed by atoms with Crippen molar-refractivity contribution in [3.8, 4) is 0 Å². The van der Waals surface area contributed by atoms with Crippen LogP contribution in [0.15, 0.2) is 4.42 Å². The molecule has 0 atom stereocenters. The molecule has 2 aliphatic rings. The Bertz CT molecular complexity index is 586. The summed E-state index contributed by atoms with van der Waals surface area (Å²) in [4.78, 5) is 11.6. The first-order valence-electron chi connectivity index (χ1n) is 8.86. The number of hydrogen-bond donors (Lipinski definition) is 0. The van der Waals surface area contributed by atoms with Crippen LogP contribution in [0, 0.1) is 11.8 Å². The maximum absolute atomic E-state index is 12.7. The second kappa shape index (κ2) is 7.33.